The van der Waals surface area contributed by atoms with Crippen molar-refractivity contribution >= 4 is 46.1 Å². The summed E-state index contributed by atoms with van der Waals surface area (Å²) in [7, 11) is 0. The molecule has 0 saturated carbocycles. The van der Waals surface area contributed by atoms with Gasteiger partial charge in [-0.05, 0) is 46.2 Å². The van der Waals surface area contributed by atoms with Crippen LogP contribution in [0, 0.1) is 11.8 Å². The Morgan fingerprint density at radius 1 is 0.757 bits per heavy atom. The lowest BCUT2D eigenvalue weighted by atomic mass is 9.85. The second kappa shape index (κ2) is 8.13. The first-order valence-electron chi connectivity index (χ1n) is 12.3. The van der Waals surface area contributed by atoms with E-state index in [1.165, 1.54) is 4.90 Å². The molecular weight excluding hydrogens is 464 g/mol. The summed E-state index contributed by atoms with van der Waals surface area (Å²) < 4.78 is 0. The Morgan fingerprint density at radius 2 is 1.46 bits per heavy atom. The fourth-order valence-electron chi connectivity index (χ4n) is 5.98. The number of hydrogen-bond donors (Lipinski definition) is 1. The summed E-state index contributed by atoms with van der Waals surface area (Å²) in [6.07, 6.45) is 1.70. The molecule has 3 aliphatic rings. The number of para-hydroxylation sites is 1. The van der Waals surface area contributed by atoms with Gasteiger partial charge in [0, 0.05) is 5.69 Å². The van der Waals surface area contributed by atoms with Crippen molar-refractivity contribution in [1.29, 1.82) is 0 Å². The van der Waals surface area contributed by atoms with Crippen molar-refractivity contribution in [3.63, 3.8) is 0 Å². The maximum Gasteiger partial charge on any atom is 0.249 e. The highest BCUT2D eigenvalue weighted by Crippen LogP contribution is 2.52. The van der Waals surface area contributed by atoms with Crippen molar-refractivity contribution in [1.82, 2.24) is 5.01 Å². The molecule has 4 atom stereocenters. The largest absolute Gasteiger partial charge is 0.324 e. The first-order chi connectivity index (χ1) is 18.1. The minimum Gasteiger partial charge on any atom is -0.324 e. The Hall–Kier alpha value is -4.78. The average Bonchev–Trinajstić information content (AvgIpc) is 3.41. The molecule has 0 aliphatic carbocycles. The number of carbonyl (C=O) groups is 3. The van der Waals surface area contributed by atoms with Crippen molar-refractivity contribution in [2.75, 3.05) is 10.2 Å². The van der Waals surface area contributed by atoms with Gasteiger partial charge >= 0.3 is 0 Å². The van der Waals surface area contributed by atoms with Crippen LogP contribution in [0.5, 0.6) is 0 Å². The average molecular weight is 487 g/mol. The standard InChI is InChI=1S/C30H22N4O3/c35-28(32-21-11-2-1-3-12-21)27-25-24(26-23-13-7-6-10-20(23)17-31-34(26)27)29(36)33(30(25)37)22-15-14-18-8-4-5-9-19(18)16-22/h1-17,24-27H,(H,32,35)/t24-,25+,26+,27-/m1/s1. The van der Waals surface area contributed by atoms with Gasteiger partial charge in [-0.1, -0.05) is 72.8 Å². The van der Waals surface area contributed by atoms with Crippen molar-refractivity contribution in [2.24, 2.45) is 16.9 Å². The van der Waals surface area contributed by atoms with E-state index in [-0.39, 0.29) is 17.7 Å². The summed E-state index contributed by atoms with van der Waals surface area (Å²) in [5.41, 5.74) is 2.92. The summed E-state index contributed by atoms with van der Waals surface area (Å²) in [6.45, 7) is 0. The molecule has 0 unspecified atom stereocenters. The molecule has 3 heterocycles. The van der Waals surface area contributed by atoms with Crippen molar-refractivity contribution in [2.45, 2.75) is 12.1 Å². The number of benzene rings is 4. The summed E-state index contributed by atoms with van der Waals surface area (Å²) in [4.78, 5) is 43.0. The Balaban J connectivity index is 1.33. The molecule has 7 rings (SSSR count). The zero-order valence-corrected chi connectivity index (χ0v) is 19.7. The number of fused-ring (bicyclic) bond motifs is 6. The summed E-state index contributed by atoms with van der Waals surface area (Å²) >= 11 is 0. The molecule has 37 heavy (non-hydrogen) atoms. The van der Waals surface area contributed by atoms with E-state index in [1.807, 2.05) is 78.9 Å². The van der Waals surface area contributed by atoms with Crippen LogP contribution in [0.3, 0.4) is 0 Å². The van der Waals surface area contributed by atoms with E-state index in [1.54, 1.807) is 29.4 Å². The highest BCUT2D eigenvalue weighted by molar-refractivity contribution is 6.24. The maximum absolute atomic E-state index is 14.0. The van der Waals surface area contributed by atoms with Crippen molar-refractivity contribution in [3.8, 4) is 0 Å². The normalized spacial score (nSPS) is 23.7. The van der Waals surface area contributed by atoms with Gasteiger partial charge in [0.2, 0.25) is 17.7 Å². The lowest BCUT2D eigenvalue weighted by Crippen LogP contribution is -2.46. The molecule has 2 saturated heterocycles. The number of imide groups is 1. The molecule has 4 aromatic rings. The fourth-order valence-corrected chi connectivity index (χ4v) is 5.98. The first kappa shape index (κ1) is 21.5. The Bertz CT molecular complexity index is 1620. The van der Waals surface area contributed by atoms with Gasteiger partial charge in [-0.15, -0.1) is 0 Å². The molecule has 2 fully saturated rings. The van der Waals surface area contributed by atoms with Gasteiger partial charge in [0.1, 0.15) is 6.04 Å². The number of hydrazone groups is 1. The molecule has 3 amide bonds. The highest BCUT2D eigenvalue weighted by Gasteiger charge is 2.65. The lowest BCUT2D eigenvalue weighted by molar-refractivity contribution is -0.129. The van der Waals surface area contributed by atoms with E-state index in [0.29, 0.717) is 11.4 Å². The predicted molar refractivity (Wildman–Crippen MR) is 141 cm³/mol. The number of rotatable bonds is 3. The summed E-state index contributed by atoms with van der Waals surface area (Å²) in [5.74, 6) is -2.63. The van der Waals surface area contributed by atoms with Gasteiger partial charge < -0.3 is 5.32 Å². The molecule has 0 aromatic heterocycles. The Morgan fingerprint density at radius 3 is 2.30 bits per heavy atom. The second-order valence-corrected chi connectivity index (χ2v) is 9.59. The number of nitrogens with zero attached hydrogens (tertiary/aromatic N) is 3. The van der Waals surface area contributed by atoms with Gasteiger partial charge in [-0.2, -0.15) is 5.10 Å². The second-order valence-electron chi connectivity index (χ2n) is 9.59. The quantitative estimate of drug-likeness (QED) is 0.437. The third-order valence-corrected chi connectivity index (χ3v) is 7.59. The molecule has 0 spiro atoms. The van der Waals surface area contributed by atoms with Crippen LogP contribution in [0.25, 0.3) is 10.8 Å². The monoisotopic (exact) mass is 486 g/mol. The molecule has 7 heteroatoms. The van der Waals surface area contributed by atoms with Gasteiger partial charge in [-0.25, -0.2) is 4.90 Å². The van der Waals surface area contributed by atoms with Gasteiger partial charge in [0.25, 0.3) is 0 Å². The van der Waals surface area contributed by atoms with Crippen LogP contribution in [-0.4, -0.2) is 35.0 Å². The van der Waals surface area contributed by atoms with Crippen molar-refractivity contribution < 1.29 is 14.4 Å². The van der Waals surface area contributed by atoms with Gasteiger partial charge in [0.05, 0.1) is 29.8 Å². The SMILES string of the molecule is O=C(Nc1ccccc1)[C@H]1[C@H]2C(=O)N(c3ccc4ccccc4c3)C(=O)[C@H]2[C@@H]2c3ccccc3C=NN12. The number of amides is 3. The van der Waals surface area contributed by atoms with Gasteiger partial charge in [-0.3, -0.25) is 19.4 Å². The van der Waals surface area contributed by atoms with Crippen LogP contribution in [-0.2, 0) is 14.4 Å². The molecule has 1 N–H and O–H groups in total. The Labute approximate surface area is 213 Å². The summed E-state index contributed by atoms with van der Waals surface area (Å²) in [5, 5.41) is 11.1. The molecule has 0 bridgehead atoms. The molecule has 4 aromatic carbocycles. The number of carbonyl (C=O) groups excluding carboxylic acids is 3. The first-order valence-corrected chi connectivity index (χ1v) is 12.3. The number of anilines is 2. The number of nitrogens with one attached hydrogen (secondary N) is 1. The van der Waals surface area contributed by atoms with E-state index in [9.17, 15) is 14.4 Å². The van der Waals surface area contributed by atoms with E-state index < -0.39 is 23.9 Å². The topological polar surface area (TPSA) is 82.1 Å². The highest BCUT2D eigenvalue weighted by atomic mass is 16.2. The molecule has 0 radical (unpaired) electrons. The van der Waals surface area contributed by atoms with Gasteiger partial charge in [0.15, 0.2) is 0 Å². The van der Waals surface area contributed by atoms with Crippen LogP contribution >= 0.6 is 0 Å². The van der Waals surface area contributed by atoms with Crippen molar-refractivity contribution in [3.05, 3.63) is 108 Å². The third-order valence-electron chi connectivity index (χ3n) is 7.59. The minimum absolute atomic E-state index is 0.304. The van der Waals surface area contributed by atoms with E-state index in [4.69, 9.17) is 0 Å². The van der Waals surface area contributed by atoms with E-state index in [2.05, 4.69) is 10.4 Å². The third kappa shape index (κ3) is 3.20. The van der Waals surface area contributed by atoms with E-state index >= 15 is 0 Å². The molecular formula is C30H22N4O3. The molecule has 3 aliphatic heterocycles. The lowest BCUT2D eigenvalue weighted by Gasteiger charge is -2.33. The Kier molecular flexibility index (Phi) is 4.72. The molecule has 180 valence electrons. The number of hydrogen-bond acceptors (Lipinski definition) is 5. The predicted octanol–water partition coefficient (Wildman–Crippen LogP) is 4.36. The zero-order chi connectivity index (χ0) is 25.1. The van der Waals surface area contributed by atoms with Crippen LogP contribution in [0.4, 0.5) is 11.4 Å². The fraction of sp³-hybridized carbons (Fsp3) is 0.133. The zero-order valence-electron chi connectivity index (χ0n) is 19.7. The van der Waals surface area contributed by atoms with E-state index in [0.717, 1.165) is 21.9 Å². The minimum atomic E-state index is -0.929. The maximum atomic E-state index is 14.0. The van der Waals surface area contributed by atoms with Crippen LogP contribution in [0.1, 0.15) is 17.2 Å². The van der Waals surface area contributed by atoms with Crippen LogP contribution < -0.4 is 10.2 Å². The summed E-state index contributed by atoms with van der Waals surface area (Å²) in [6, 6.07) is 28.7. The smallest absolute Gasteiger partial charge is 0.249 e. The van der Waals surface area contributed by atoms with Crippen LogP contribution in [0.2, 0.25) is 0 Å². The molecule has 7 nitrogen and oxygen atoms in total. The van der Waals surface area contributed by atoms with Crippen LogP contribution in [0.15, 0.2) is 102 Å².